The lowest BCUT2D eigenvalue weighted by molar-refractivity contribution is -0.137. The molecular formula is C27H51NO3. The zero-order chi connectivity index (χ0) is 23.0. The zero-order valence-electron chi connectivity index (χ0n) is 20.7. The number of amides is 1. The molecule has 1 N–H and O–H groups in total. The van der Waals surface area contributed by atoms with Crippen molar-refractivity contribution in [3.8, 4) is 0 Å². The maximum absolute atomic E-state index is 12.2. The highest BCUT2D eigenvalue weighted by Crippen LogP contribution is 2.15. The number of unbranched alkanes of at least 4 members (excludes halogenated alkanes) is 16. The normalized spacial score (nSPS) is 11.3. The molecule has 0 atom stereocenters. The van der Waals surface area contributed by atoms with Gasteiger partial charge in [-0.3, -0.25) is 9.59 Å². The van der Waals surface area contributed by atoms with Gasteiger partial charge in [-0.1, -0.05) is 109 Å². The van der Waals surface area contributed by atoms with Crippen LogP contribution in [0.15, 0.2) is 12.3 Å². The SMILES string of the molecule is C/C=C\N(CCC)C(=O)CCCCCCCCCCCCCCCCCCCC(=O)O. The Kier molecular flexibility index (Phi) is 22.4. The average molecular weight is 438 g/mol. The second-order valence-electron chi connectivity index (χ2n) is 8.97. The highest BCUT2D eigenvalue weighted by Gasteiger charge is 2.08. The van der Waals surface area contributed by atoms with Crippen LogP contribution in [0.4, 0.5) is 0 Å². The van der Waals surface area contributed by atoms with E-state index in [4.69, 9.17) is 5.11 Å². The molecule has 4 heteroatoms. The van der Waals surface area contributed by atoms with Crippen molar-refractivity contribution in [1.82, 2.24) is 4.90 Å². The summed E-state index contributed by atoms with van der Waals surface area (Å²) in [5.41, 5.74) is 0. The van der Waals surface area contributed by atoms with E-state index in [1.807, 2.05) is 24.1 Å². The zero-order valence-corrected chi connectivity index (χ0v) is 20.7. The van der Waals surface area contributed by atoms with E-state index < -0.39 is 5.97 Å². The highest BCUT2D eigenvalue weighted by molar-refractivity contribution is 5.77. The van der Waals surface area contributed by atoms with Gasteiger partial charge in [-0.05, 0) is 26.2 Å². The minimum absolute atomic E-state index is 0.274. The first-order chi connectivity index (χ1) is 15.1. The number of nitrogens with zero attached hydrogens (tertiary/aromatic N) is 1. The van der Waals surface area contributed by atoms with E-state index >= 15 is 0 Å². The van der Waals surface area contributed by atoms with Gasteiger partial charge < -0.3 is 10.0 Å². The average Bonchev–Trinajstić information content (AvgIpc) is 2.74. The van der Waals surface area contributed by atoms with Crippen molar-refractivity contribution in [3.63, 3.8) is 0 Å². The molecule has 0 aromatic rings. The fourth-order valence-corrected chi connectivity index (χ4v) is 4.05. The molecule has 4 nitrogen and oxygen atoms in total. The van der Waals surface area contributed by atoms with Gasteiger partial charge in [0.1, 0.15) is 0 Å². The molecule has 0 spiro atoms. The summed E-state index contributed by atoms with van der Waals surface area (Å²) in [7, 11) is 0. The number of carbonyl (C=O) groups excluding carboxylic acids is 1. The Bertz CT molecular complexity index is 448. The molecule has 0 unspecified atom stereocenters. The molecule has 0 saturated heterocycles. The monoisotopic (exact) mass is 437 g/mol. The Morgan fingerprint density at radius 1 is 0.645 bits per heavy atom. The molecule has 0 aliphatic rings. The van der Waals surface area contributed by atoms with Crippen LogP contribution in [0.2, 0.25) is 0 Å². The summed E-state index contributed by atoms with van der Waals surface area (Å²) in [6, 6.07) is 0. The van der Waals surface area contributed by atoms with Gasteiger partial charge in [0.2, 0.25) is 5.91 Å². The minimum Gasteiger partial charge on any atom is -0.481 e. The molecule has 1 amide bonds. The first-order valence-corrected chi connectivity index (χ1v) is 13.3. The third kappa shape index (κ3) is 21.7. The van der Waals surface area contributed by atoms with Crippen molar-refractivity contribution in [2.24, 2.45) is 0 Å². The van der Waals surface area contributed by atoms with Gasteiger partial charge in [0.25, 0.3) is 0 Å². The lowest BCUT2D eigenvalue weighted by Gasteiger charge is -2.17. The summed E-state index contributed by atoms with van der Waals surface area (Å²) in [5.74, 6) is -0.390. The molecule has 0 fully saturated rings. The van der Waals surface area contributed by atoms with E-state index in [0.717, 1.165) is 32.2 Å². The van der Waals surface area contributed by atoms with Crippen LogP contribution >= 0.6 is 0 Å². The van der Waals surface area contributed by atoms with Crippen LogP contribution in [0.5, 0.6) is 0 Å². The van der Waals surface area contributed by atoms with Crippen LogP contribution in [-0.2, 0) is 9.59 Å². The molecule has 0 aromatic carbocycles. The van der Waals surface area contributed by atoms with Crippen molar-refractivity contribution >= 4 is 11.9 Å². The largest absolute Gasteiger partial charge is 0.481 e. The number of allylic oxidation sites excluding steroid dienone is 1. The predicted molar refractivity (Wildman–Crippen MR) is 132 cm³/mol. The molecular weight excluding hydrogens is 386 g/mol. The molecule has 0 aliphatic heterocycles. The van der Waals surface area contributed by atoms with Gasteiger partial charge in [-0.2, -0.15) is 0 Å². The van der Waals surface area contributed by atoms with Gasteiger partial charge in [-0.15, -0.1) is 0 Å². The Labute approximate surface area is 192 Å². The van der Waals surface area contributed by atoms with Gasteiger partial charge in [0.05, 0.1) is 0 Å². The summed E-state index contributed by atoms with van der Waals surface area (Å²) in [4.78, 5) is 24.5. The van der Waals surface area contributed by atoms with Crippen LogP contribution in [0.3, 0.4) is 0 Å². The molecule has 0 saturated carbocycles. The maximum Gasteiger partial charge on any atom is 0.303 e. The van der Waals surface area contributed by atoms with E-state index in [1.54, 1.807) is 0 Å². The fraction of sp³-hybridized carbons (Fsp3) is 0.852. The standard InChI is InChI=1S/C27H51NO3/c1-3-24-28(25-4-2)26(29)22-20-18-16-14-12-10-8-6-5-7-9-11-13-15-17-19-21-23-27(30)31/h3,24H,4-23,25H2,1-2H3,(H,30,31)/b24-3-. The summed E-state index contributed by atoms with van der Waals surface area (Å²) in [6.45, 7) is 4.91. The van der Waals surface area contributed by atoms with Crippen molar-refractivity contribution in [2.75, 3.05) is 6.54 Å². The van der Waals surface area contributed by atoms with Crippen LogP contribution in [0.1, 0.15) is 142 Å². The van der Waals surface area contributed by atoms with Crippen LogP contribution in [-0.4, -0.2) is 28.4 Å². The number of aliphatic carboxylic acids is 1. The first-order valence-electron chi connectivity index (χ1n) is 13.3. The molecule has 0 aliphatic carbocycles. The van der Waals surface area contributed by atoms with Gasteiger partial charge in [0.15, 0.2) is 0 Å². The van der Waals surface area contributed by atoms with Gasteiger partial charge in [-0.25, -0.2) is 0 Å². The van der Waals surface area contributed by atoms with E-state index in [0.29, 0.717) is 12.8 Å². The third-order valence-electron chi connectivity index (χ3n) is 5.90. The smallest absolute Gasteiger partial charge is 0.303 e. The number of carbonyl (C=O) groups is 2. The first kappa shape index (κ1) is 29.7. The molecule has 0 aromatic heterocycles. The van der Waals surface area contributed by atoms with Crippen molar-refractivity contribution < 1.29 is 14.7 Å². The van der Waals surface area contributed by atoms with Crippen LogP contribution in [0.25, 0.3) is 0 Å². The van der Waals surface area contributed by atoms with Crippen LogP contribution in [0, 0.1) is 0 Å². The van der Waals surface area contributed by atoms with Crippen molar-refractivity contribution in [2.45, 2.75) is 142 Å². The quantitative estimate of drug-likeness (QED) is 0.164. The number of hydrogen-bond donors (Lipinski definition) is 1. The topological polar surface area (TPSA) is 57.6 Å². The van der Waals surface area contributed by atoms with Crippen molar-refractivity contribution in [3.05, 3.63) is 12.3 Å². The Hall–Kier alpha value is -1.32. The van der Waals surface area contributed by atoms with Crippen LogP contribution < -0.4 is 0 Å². The van der Waals surface area contributed by atoms with Gasteiger partial charge >= 0.3 is 5.97 Å². The molecule has 0 bridgehead atoms. The highest BCUT2D eigenvalue weighted by atomic mass is 16.4. The second kappa shape index (κ2) is 23.3. The molecule has 182 valence electrons. The molecule has 0 heterocycles. The summed E-state index contributed by atoms with van der Waals surface area (Å²) < 4.78 is 0. The van der Waals surface area contributed by atoms with E-state index in [1.165, 1.54) is 89.9 Å². The Morgan fingerprint density at radius 2 is 1.00 bits per heavy atom. The van der Waals surface area contributed by atoms with E-state index in [2.05, 4.69) is 6.92 Å². The molecule has 0 radical (unpaired) electrons. The molecule has 0 rings (SSSR count). The minimum atomic E-state index is -0.664. The summed E-state index contributed by atoms with van der Waals surface area (Å²) in [5, 5.41) is 8.59. The van der Waals surface area contributed by atoms with Crippen molar-refractivity contribution in [1.29, 1.82) is 0 Å². The number of rotatable bonds is 23. The third-order valence-corrected chi connectivity index (χ3v) is 5.90. The lowest BCUT2D eigenvalue weighted by Crippen LogP contribution is -2.26. The van der Waals surface area contributed by atoms with E-state index in [-0.39, 0.29) is 5.91 Å². The fourth-order valence-electron chi connectivity index (χ4n) is 4.05. The number of hydrogen-bond acceptors (Lipinski definition) is 2. The second-order valence-corrected chi connectivity index (χ2v) is 8.97. The lowest BCUT2D eigenvalue weighted by atomic mass is 10.0. The van der Waals surface area contributed by atoms with E-state index in [9.17, 15) is 9.59 Å². The Morgan fingerprint density at radius 3 is 1.32 bits per heavy atom. The summed E-state index contributed by atoms with van der Waals surface area (Å²) in [6.07, 6.45) is 27.2. The Balaban J connectivity index is 3.26. The van der Waals surface area contributed by atoms with Gasteiger partial charge in [0, 0.05) is 25.6 Å². The number of carboxylic acid groups (broad SMARTS) is 1. The summed E-state index contributed by atoms with van der Waals surface area (Å²) >= 11 is 0. The maximum atomic E-state index is 12.2. The molecule has 31 heavy (non-hydrogen) atoms. The number of carboxylic acids is 1. The predicted octanol–water partition coefficient (Wildman–Crippen LogP) is 8.26.